The van der Waals surface area contributed by atoms with E-state index in [1.807, 2.05) is 0 Å². The van der Waals surface area contributed by atoms with Gasteiger partial charge in [0.2, 0.25) is 0 Å². The third kappa shape index (κ3) is 3.06. The van der Waals surface area contributed by atoms with Crippen LogP contribution >= 0.6 is 0 Å². The third-order valence-corrected chi connectivity index (χ3v) is 9.05. The first-order valence-electron chi connectivity index (χ1n) is 11.5. The van der Waals surface area contributed by atoms with Gasteiger partial charge in [-0.1, -0.05) is 24.3 Å². The molecule has 0 radical (unpaired) electrons. The zero-order valence-corrected chi connectivity index (χ0v) is 17.4. The van der Waals surface area contributed by atoms with Crippen LogP contribution in [0.5, 0.6) is 0 Å². The topological polar surface area (TPSA) is 18.5 Å². The molecule has 0 aliphatic heterocycles. The first kappa shape index (κ1) is 18.4. The molecule has 5 aliphatic rings. The Hall–Kier alpha value is -0.600. The molecule has 0 spiro atoms. The molecule has 10 unspecified atom stereocenters. The fraction of sp³-hybridized carbons (Fsp3) is 0.840. The Labute approximate surface area is 165 Å². The van der Waals surface area contributed by atoms with Crippen molar-refractivity contribution in [3.8, 4) is 0 Å². The van der Waals surface area contributed by atoms with Crippen LogP contribution in [0.4, 0.5) is 0 Å². The first-order chi connectivity index (χ1) is 13.0. The average molecular weight is 371 g/mol. The molecular formula is C25H38O2. The predicted molar refractivity (Wildman–Crippen MR) is 109 cm³/mol. The van der Waals surface area contributed by atoms with Crippen molar-refractivity contribution in [3.05, 3.63) is 24.3 Å². The molecule has 150 valence electrons. The molecule has 27 heavy (non-hydrogen) atoms. The van der Waals surface area contributed by atoms with Crippen LogP contribution in [0.2, 0.25) is 0 Å². The lowest BCUT2D eigenvalue weighted by molar-refractivity contribution is 0.0132. The van der Waals surface area contributed by atoms with Crippen molar-refractivity contribution in [1.29, 1.82) is 0 Å². The lowest BCUT2D eigenvalue weighted by Crippen LogP contribution is -2.39. The average Bonchev–Trinajstić information content (AvgIpc) is 3.36. The Balaban J connectivity index is 1.20. The Morgan fingerprint density at radius 1 is 0.704 bits per heavy atom. The second-order valence-electron chi connectivity index (χ2n) is 11.0. The van der Waals surface area contributed by atoms with Crippen LogP contribution in [0.15, 0.2) is 24.3 Å². The summed E-state index contributed by atoms with van der Waals surface area (Å²) in [4.78, 5) is 0. The Bertz CT molecular complexity index is 609. The maximum absolute atomic E-state index is 6.00. The highest BCUT2D eigenvalue weighted by Crippen LogP contribution is 2.74. The summed E-state index contributed by atoms with van der Waals surface area (Å²) in [6.45, 7) is 15.6. The van der Waals surface area contributed by atoms with Gasteiger partial charge in [0, 0.05) is 6.61 Å². The summed E-state index contributed by atoms with van der Waals surface area (Å²) >= 11 is 0. The number of fused-ring (bicyclic) bond motifs is 12. The molecular weight excluding hydrogens is 332 g/mol. The second-order valence-corrected chi connectivity index (χ2v) is 11.0. The molecule has 2 heteroatoms. The van der Waals surface area contributed by atoms with Crippen molar-refractivity contribution in [2.45, 2.75) is 46.0 Å². The van der Waals surface area contributed by atoms with E-state index >= 15 is 0 Å². The third-order valence-electron chi connectivity index (χ3n) is 9.05. The summed E-state index contributed by atoms with van der Waals surface area (Å²) in [6, 6.07) is 0. The maximum atomic E-state index is 6.00. The molecule has 10 atom stereocenters. The van der Waals surface area contributed by atoms with Crippen LogP contribution in [0.3, 0.4) is 0 Å². The quantitative estimate of drug-likeness (QED) is 0.423. The number of rotatable bonds is 8. The van der Waals surface area contributed by atoms with E-state index in [1.54, 1.807) is 6.42 Å². The van der Waals surface area contributed by atoms with E-state index in [0.29, 0.717) is 0 Å². The van der Waals surface area contributed by atoms with Crippen molar-refractivity contribution in [1.82, 2.24) is 0 Å². The van der Waals surface area contributed by atoms with Gasteiger partial charge in [-0.15, -0.1) is 0 Å². The second kappa shape index (κ2) is 7.02. The van der Waals surface area contributed by atoms with Gasteiger partial charge >= 0.3 is 0 Å². The van der Waals surface area contributed by atoms with Crippen LogP contribution in [0.25, 0.3) is 0 Å². The summed E-state index contributed by atoms with van der Waals surface area (Å²) in [5.74, 6) is 9.92. The number of hydrogen-bond acceptors (Lipinski definition) is 2. The molecule has 2 nitrogen and oxygen atoms in total. The highest BCUT2D eigenvalue weighted by molar-refractivity contribution is 5.16. The molecule has 4 bridgehead atoms. The van der Waals surface area contributed by atoms with E-state index in [4.69, 9.17) is 9.47 Å². The fourth-order valence-corrected chi connectivity index (χ4v) is 8.69. The molecule has 5 saturated carbocycles. The minimum atomic E-state index is 0.750. The zero-order chi connectivity index (χ0) is 18.7. The van der Waals surface area contributed by atoms with Crippen molar-refractivity contribution >= 4 is 0 Å². The van der Waals surface area contributed by atoms with Crippen molar-refractivity contribution in [2.24, 2.45) is 59.2 Å². The van der Waals surface area contributed by atoms with Crippen molar-refractivity contribution in [3.63, 3.8) is 0 Å². The zero-order valence-electron chi connectivity index (χ0n) is 17.4. The molecule has 0 aromatic heterocycles. The van der Waals surface area contributed by atoms with Crippen LogP contribution in [-0.2, 0) is 9.47 Å². The van der Waals surface area contributed by atoms with Gasteiger partial charge in [0.1, 0.15) is 0 Å². The largest absolute Gasteiger partial charge is 0.377 e. The molecule has 0 aromatic rings. The van der Waals surface area contributed by atoms with Crippen LogP contribution in [0.1, 0.15) is 46.0 Å². The van der Waals surface area contributed by atoms with E-state index in [1.165, 1.54) is 25.7 Å². The molecule has 0 heterocycles. The van der Waals surface area contributed by atoms with Crippen molar-refractivity contribution < 1.29 is 9.47 Å². The standard InChI is InChI=1S/C25H38O2/c1-14(2)10-26-12-16-5-20-21(6-16)23-9-22(20)24-17-7-18(13-27-11-15(3)4)19(8-17)25(23)24/h16-25H,1,3,5-13H2,2,4H3. The highest BCUT2D eigenvalue weighted by Gasteiger charge is 2.68. The van der Waals surface area contributed by atoms with Gasteiger partial charge in [0.25, 0.3) is 0 Å². The molecule has 0 saturated heterocycles. The van der Waals surface area contributed by atoms with E-state index in [-0.39, 0.29) is 0 Å². The minimum absolute atomic E-state index is 0.750. The summed E-state index contributed by atoms with van der Waals surface area (Å²) in [5, 5.41) is 0. The fourth-order valence-electron chi connectivity index (χ4n) is 8.69. The maximum Gasteiger partial charge on any atom is 0.0671 e. The van der Waals surface area contributed by atoms with Gasteiger partial charge in [0.05, 0.1) is 19.8 Å². The molecule has 0 amide bonds. The lowest BCUT2D eigenvalue weighted by atomic mass is 9.62. The van der Waals surface area contributed by atoms with E-state index in [0.717, 1.165) is 96.8 Å². The first-order valence-corrected chi connectivity index (χ1v) is 11.5. The summed E-state index contributed by atoms with van der Waals surface area (Å²) in [6.07, 6.45) is 7.44. The molecule has 5 aliphatic carbocycles. The normalized spacial score (nSPS) is 48.8. The van der Waals surface area contributed by atoms with E-state index < -0.39 is 0 Å². The van der Waals surface area contributed by atoms with Crippen molar-refractivity contribution in [2.75, 3.05) is 26.4 Å². The van der Waals surface area contributed by atoms with Crippen LogP contribution in [0, 0.1) is 59.2 Å². The Morgan fingerprint density at radius 2 is 1.33 bits per heavy atom. The predicted octanol–water partition coefficient (Wildman–Crippen LogP) is 5.35. The summed E-state index contributed by atoms with van der Waals surface area (Å²) in [7, 11) is 0. The van der Waals surface area contributed by atoms with E-state index in [2.05, 4.69) is 27.0 Å². The van der Waals surface area contributed by atoms with Gasteiger partial charge in [0.15, 0.2) is 0 Å². The molecule has 0 N–H and O–H groups in total. The molecule has 5 fully saturated rings. The number of hydrogen-bond donors (Lipinski definition) is 0. The van der Waals surface area contributed by atoms with Crippen LogP contribution < -0.4 is 0 Å². The lowest BCUT2D eigenvalue weighted by Gasteiger charge is -2.43. The Kier molecular flexibility index (Phi) is 4.79. The van der Waals surface area contributed by atoms with Gasteiger partial charge in [-0.3, -0.25) is 0 Å². The number of ether oxygens (including phenoxy) is 2. The monoisotopic (exact) mass is 370 g/mol. The SMILES string of the molecule is C=C(C)COCC1CC2C(C1)C1CC2C2C3CC(COCC(=C)C)C(C3)C12. The highest BCUT2D eigenvalue weighted by atomic mass is 16.5. The van der Waals surface area contributed by atoms with Gasteiger partial charge in [-0.05, 0) is 105 Å². The van der Waals surface area contributed by atoms with Crippen LogP contribution in [-0.4, -0.2) is 26.4 Å². The van der Waals surface area contributed by atoms with Gasteiger partial charge in [-0.2, -0.15) is 0 Å². The summed E-state index contributed by atoms with van der Waals surface area (Å²) in [5.41, 5.74) is 2.31. The summed E-state index contributed by atoms with van der Waals surface area (Å²) < 4.78 is 11.9. The smallest absolute Gasteiger partial charge is 0.0671 e. The minimum Gasteiger partial charge on any atom is -0.377 e. The Morgan fingerprint density at radius 3 is 2.00 bits per heavy atom. The van der Waals surface area contributed by atoms with Gasteiger partial charge in [-0.25, -0.2) is 0 Å². The molecule has 0 aromatic carbocycles. The molecule has 5 rings (SSSR count). The van der Waals surface area contributed by atoms with Gasteiger partial charge < -0.3 is 9.47 Å². The van der Waals surface area contributed by atoms with E-state index in [9.17, 15) is 0 Å².